The molecule has 0 N–H and O–H groups in total. The lowest BCUT2D eigenvalue weighted by Crippen LogP contribution is -1.86. The summed E-state index contributed by atoms with van der Waals surface area (Å²) in [5.41, 5.74) is 6.72. The van der Waals surface area contributed by atoms with Gasteiger partial charge in [-0.1, -0.05) is 44.2 Å². The number of hydrogen-bond acceptors (Lipinski definition) is 2. The van der Waals surface area contributed by atoms with Gasteiger partial charge in [-0.2, -0.15) is 0 Å². The minimum Gasteiger partial charge on any atom is -0.461 e. The molecule has 2 heterocycles. The second-order valence-electron chi connectivity index (χ2n) is 6.75. The van der Waals surface area contributed by atoms with Crippen molar-refractivity contribution in [3.05, 3.63) is 78.2 Å². The summed E-state index contributed by atoms with van der Waals surface area (Å²) in [4.78, 5) is 4.46. The Kier molecular flexibility index (Phi) is 3.89. The van der Waals surface area contributed by atoms with E-state index in [1.54, 1.807) is 0 Å². The molecule has 2 heteroatoms. The van der Waals surface area contributed by atoms with Crippen LogP contribution in [0.4, 0.5) is 0 Å². The van der Waals surface area contributed by atoms with Crippen LogP contribution in [0, 0.1) is 6.92 Å². The summed E-state index contributed by atoms with van der Waals surface area (Å²) in [7, 11) is 0. The first-order valence-corrected chi connectivity index (χ1v) is 8.68. The maximum Gasteiger partial charge on any atom is 0.134 e. The number of aromatic nitrogens is 1. The van der Waals surface area contributed by atoms with Crippen molar-refractivity contribution in [1.29, 1.82) is 0 Å². The average molecular weight is 327 g/mol. The largest absolute Gasteiger partial charge is 0.461 e. The summed E-state index contributed by atoms with van der Waals surface area (Å²) < 4.78 is 6.03. The molecule has 0 fully saturated rings. The Morgan fingerprint density at radius 1 is 0.840 bits per heavy atom. The number of furan rings is 1. The number of nitrogens with zero attached hydrogens (tertiary/aromatic N) is 1. The van der Waals surface area contributed by atoms with E-state index in [-0.39, 0.29) is 0 Å². The van der Waals surface area contributed by atoms with Crippen molar-refractivity contribution in [1.82, 2.24) is 4.98 Å². The van der Waals surface area contributed by atoms with E-state index < -0.39 is 0 Å². The van der Waals surface area contributed by atoms with Gasteiger partial charge in [0.05, 0.1) is 5.69 Å². The molecule has 0 amide bonds. The molecule has 4 aromatic rings. The highest BCUT2D eigenvalue weighted by molar-refractivity contribution is 5.87. The van der Waals surface area contributed by atoms with Gasteiger partial charge in [0.2, 0.25) is 0 Å². The Morgan fingerprint density at radius 3 is 2.40 bits per heavy atom. The summed E-state index contributed by atoms with van der Waals surface area (Å²) in [5.74, 6) is 1.47. The highest BCUT2D eigenvalue weighted by Gasteiger charge is 2.14. The maximum atomic E-state index is 6.03. The first-order valence-electron chi connectivity index (χ1n) is 8.68. The van der Waals surface area contributed by atoms with Crippen LogP contribution in [0.3, 0.4) is 0 Å². The van der Waals surface area contributed by atoms with Crippen LogP contribution in [0.25, 0.3) is 33.4 Å². The predicted octanol–water partition coefficient (Wildman–Crippen LogP) is 6.59. The Labute approximate surface area is 148 Å². The van der Waals surface area contributed by atoms with Gasteiger partial charge in [0, 0.05) is 23.1 Å². The van der Waals surface area contributed by atoms with E-state index in [4.69, 9.17) is 4.42 Å². The molecule has 0 radical (unpaired) electrons. The number of hydrogen-bond donors (Lipinski definition) is 0. The quantitative estimate of drug-likeness (QED) is 0.424. The third-order valence-electron chi connectivity index (χ3n) is 4.65. The van der Waals surface area contributed by atoms with Crippen LogP contribution in [0.15, 0.2) is 71.3 Å². The molecular formula is C23H21NO. The van der Waals surface area contributed by atoms with Crippen molar-refractivity contribution in [2.45, 2.75) is 26.7 Å². The second-order valence-corrected chi connectivity index (χ2v) is 6.75. The molecule has 2 aromatic heterocycles. The number of aryl methyl sites for hydroxylation is 1. The van der Waals surface area contributed by atoms with Gasteiger partial charge in [0.25, 0.3) is 0 Å². The van der Waals surface area contributed by atoms with Crippen LogP contribution in [0.1, 0.15) is 31.1 Å². The molecule has 0 saturated heterocycles. The van der Waals surface area contributed by atoms with Gasteiger partial charge in [-0.15, -0.1) is 0 Å². The zero-order valence-electron chi connectivity index (χ0n) is 14.8. The molecule has 0 aliphatic heterocycles. The number of fused-ring (bicyclic) bond motifs is 1. The fourth-order valence-electron chi connectivity index (χ4n) is 3.36. The van der Waals surface area contributed by atoms with E-state index in [1.165, 1.54) is 22.1 Å². The van der Waals surface area contributed by atoms with E-state index >= 15 is 0 Å². The van der Waals surface area contributed by atoms with Crippen molar-refractivity contribution in [3.8, 4) is 22.4 Å². The minimum absolute atomic E-state index is 0.392. The van der Waals surface area contributed by atoms with Crippen molar-refractivity contribution >= 4 is 11.0 Å². The van der Waals surface area contributed by atoms with Gasteiger partial charge >= 0.3 is 0 Å². The topological polar surface area (TPSA) is 26.0 Å². The van der Waals surface area contributed by atoms with E-state index in [0.29, 0.717) is 5.92 Å². The molecule has 124 valence electrons. The lowest BCUT2D eigenvalue weighted by atomic mass is 9.98. The highest BCUT2D eigenvalue weighted by atomic mass is 16.3. The molecule has 0 atom stereocenters. The van der Waals surface area contributed by atoms with Gasteiger partial charge < -0.3 is 4.42 Å². The van der Waals surface area contributed by atoms with Crippen molar-refractivity contribution in [3.63, 3.8) is 0 Å². The van der Waals surface area contributed by atoms with E-state index in [0.717, 1.165) is 22.6 Å². The fourth-order valence-corrected chi connectivity index (χ4v) is 3.36. The lowest BCUT2D eigenvalue weighted by Gasteiger charge is -2.06. The Balaban J connectivity index is 1.81. The summed E-state index contributed by atoms with van der Waals surface area (Å²) in [5, 5.41) is 1.20. The van der Waals surface area contributed by atoms with Gasteiger partial charge in [-0.05, 0) is 53.9 Å². The van der Waals surface area contributed by atoms with Crippen LogP contribution in [0.2, 0.25) is 0 Å². The normalized spacial score (nSPS) is 11.4. The second kappa shape index (κ2) is 6.21. The Bertz CT molecular complexity index is 1030. The molecule has 2 nitrogen and oxygen atoms in total. The summed E-state index contributed by atoms with van der Waals surface area (Å²) >= 11 is 0. The number of benzene rings is 2. The SMILES string of the molecule is Cc1c(C(C)C)oc2ccc(-c3cccc(-c4ccccn4)c3)cc12. The molecular weight excluding hydrogens is 306 g/mol. The van der Waals surface area contributed by atoms with Gasteiger partial charge in [-0.25, -0.2) is 0 Å². The zero-order valence-corrected chi connectivity index (χ0v) is 14.8. The summed E-state index contributed by atoms with van der Waals surface area (Å²) in [6.07, 6.45) is 1.83. The molecule has 25 heavy (non-hydrogen) atoms. The monoisotopic (exact) mass is 327 g/mol. The van der Waals surface area contributed by atoms with Crippen molar-refractivity contribution in [2.24, 2.45) is 0 Å². The van der Waals surface area contributed by atoms with Crippen LogP contribution in [-0.2, 0) is 0 Å². The Morgan fingerprint density at radius 2 is 1.64 bits per heavy atom. The molecule has 0 aliphatic rings. The summed E-state index contributed by atoms with van der Waals surface area (Å²) in [6, 6.07) is 21.0. The fraction of sp³-hybridized carbons (Fsp3) is 0.174. The van der Waals surface area contributed by atoms with Crippen molar-refractivity contribution in [2.75, 3.05) is 0 Å². The molecule has 0 spiro atoms. The van der Waals surface area contributed by atoms with Crippen LogP contribution < -0.4 is 0 Å². The van der Waals surface area contributed by atoms with Crippen LogP contribution in [-0.4, -0.2) is 4.98 Å². The van der Waals surface area contributed by atoms with Gasteiger partial charge in [-0.3, -0.25) is 4.98 Å². The third kappa shape index (κ3) is 2.85. The van der Waals surface area contributed by atoms with Gasteiger partial charge in [0.1, 0.15) is 11.3 Å². The smallest absolute Gasteiger partial charge is 0.134 e. The average Bonchev–Trinajstić information content (AvgIpc) is 2.99. The molecule has 4 rings (SSSR count). The maximum absolute atomic E-state index is 6.03. The molecule has 0 aliphatic carbocycles. The number of pyridine rings is 1. The minimum atomic E-state index is 0.392. The first-order chi connectivity index (χ1) is 12.1. The Hall–Kier alpha value is -2.87. The molecule has 0 unspecified atom stereocenters. The zero-order chi connectivity index (χ0) is 17.4. The van der Waals surface area contributed by atoms with E-state index in [2.05, 4.69) is 68.2 Å². The van der Waals surface area contributed by atoms with E-state index in [9.17, 15) is 0 Å². The number of rotatable bonds is 3. The van der Waals surface area contributed by atoms with E-state index in [1.807, 2.05) is 24.4 Å². The summed E-state index contributed by atoms with van der Waals surface area (Å²) in [6.45, 7) is 6.49. The lowest BCUT2D eigenvalue weighted by molar-refractivity contribution is 0.518. The standard InChI is InChI=1S/C23H21NO/c1-15(2)23-16(3)20-14-18(10-11-22(20)25-23)17-7-6-8-19(13-17)21-9-4-5-12-24-21/h4-15H,1-3H3. The molecule has 0 bridgehead atoms. The van der Waals surface area contributed by atoms with Crippen LogP contribution in [0.5, 0.6) is 0 Å². The predicted molar refractivity (Wildman–Crippen MR) is 104 cm³/mol. The third-order valence-corrected chi connectivity index (χ3v) is 4.65. The van der Waals surface area contributed by atoms with Crippen molar-refractivity contribution < 1.29 is 4.42 Å². The van der Waals surface area contributed by atoms with Crippen LogP contribution >= 0.6 is 0 Å². The highest BCUT2D eigenvalue weighted by Crippen LogP contribution is 2.34. The first kappa shape index (κ1) is 15.6. The molecule has 0 saturated carbocycles. The van der Waals surface area contributed by atoms with Gasteiger partial charge in [0.15, 0.2) is 0 Å². The molecule has 2 aromatic carbocycles.